The summed E-state index contributed by atoms with van der Waals surface area (Å²) < 4.78 is 41.1. The topological polar surface area (TPSA) is 48.0 Å². The average Bonchev–Trinajstić information content (AvgIpc) is 3.04. The van der Waals surface area contributed by atoms with Gasteiger partial charge in [-0.25, -0.2) is 0 Å². The molecule has 0 aliphatic heterocycles. The van der Waals surface area contributed by atoms with Crippen molar-refractivity contribution in [3.05, 3.63) is 95.2 Å². The maximum Gasteiger partial charge on any atom is 0.416 e. The number of carbonyl (C=O) groups excluding carboxylic acids is 1. The Morgan fingerprint density at radius 3 is 2.35 bits per heavy atom. The van der Waals surface area contributed by atoms with Crippen molar-refractivity contribution in [2.24, 2.45) is 5.73 Å². The van der Waals surface area contributed by atoms with Gasteiger partial charge in [0.05, 0.1) is 12.0 Å². The van der Waals surface area contributed by atoms with Gasteiger partial charge in [0.15, 0.2) is 0 Å². The zero-order chi connectivity index (χ0) is 22.2. The van der Waals surface area contributed by atoms with Gasteiger partial charge in [0, 0.05) is 23.6 Å². The second-order valence-corrected chi connectivity index (χ2v) is 7.72. The summed E-state index contributed by atoms with van der Waals surface area (Å²) in [5.74, 6) is -0.459. The van der Waals surface area contributed by atoms with E-state index in [1.165, 1.54) is 6.07 Å². The quantitative estimate of drug-likeness (QED) is 0.440. The molecule has 1 heterocycles. The molecule has 1 amide bonds. The van der Waals surface area contributed by atoms with E-state index < -0.39 is 17.6 Å². The van der Waals surface area contributed by atoms with Crippen LogP contribution in [-0.4, -0.2) is 10.5 Å². The highest BCUT2D eigenvalue weighted by molar-refractivity contribution is 5.92. The van der Waals surface area contributed by atoms with Crippen LogP contribution in [0, 0.1) is 6.92 Å². The van der Waals surface area contributed by atoms with Crippen LogP contribution in [0.1, 0.15) is 22.3 Å². The maximum absolute atomic E-state index is 13.1. The van der Waals surface area contributed by atoms with Gasteiger partial charge >= 0.3 is 6.18 Å². The van der Waals surface area contributed by atoms with Gasteiger partial charge in [-0.15, -0.1) is 0 Å². The summed E-state index contributed by atoms with van der Waals surface area (Å²) in [5, 5.41) is 0.865. The fourth-order valence-corrected chi connectivity index (χ4v) is 3.80. The van der Waals surface area contributed by atoms with Crippen LogP contribution >= 0.6 is 0 Å². The third-order valence-electron chi connectivity index (χ3n) is 5.32. The second kappa shape index (κ2) is 7.95. The van der Waals surface area contributed by atoms with Crippen LogP contribution in [0.3, 0.4) is 0 Å². The highest BCUT2D eigenvalue weighted by Crippen LogP contribution is 2.31. The number of nitrogens with two attached hydrogens (primary N) is 1. The average molecular weight is 422 g/mol. The van der Waals surface area contributed by atoms with E-state index in [2.05, 4.69) is 0 Å². The molecule has 31 heavy (non-hydrogen) atoms. The minimum atomic E-state index is -4.39. The van der Waals surface area contributed by atoms with Crippen molar-refractivity contribution >= 4 is 16.8 Å². The molecular weight excluding hydrogens is 401 g/mol. The number of aryl methyl sites for hydroxylation is 1. The van der Waals surface area contributed by atoms with Crippen molar-refractivity contribution in [3.8, 4) is 11.1 Å². The lowest BCUT2D eigenvalue weighted by molar-refractivity contribution is -0.137. The Hall–Kier alpha value is -3.54. The summed E-state index contributed by atoms with van der Waals surface area (Å²) in [6.07, 6.45) is -2.53. The molecule has 1 aromatic heterocycles. The predicted molar refractivity (Wildman–Crippen MR) is 116 cm³/mol. The maximum atomic E-state index is 13.1. The van der Waals surface area contributed by atoms with Gasteiger partial charge < -0.3 is 10.3 Å². The predicted octanol–water partition coefficient (Wildman–Crippen LogP) is 5.71. The Balaban J connectivity index is 1.77. The SMILES string of the molecule is Cc1ccc(-c2ccc3c(c2)c(CC(N)=O)cn3Cc2cccc(C(F)(F)F)c2)cc1. The standard InChI is InChI=1S/C25H21F3N2O/c1-16-5-7-18(8-6-16)19-9-10-23-22(12-19)20(13-24(29)31)15-30(23)14-17-3-2-4-21(11-17)25(26,27)28/h2-12,15H,13-14H2,1H3,(H2,29,31). The first-order chi connectivity index (χ1) is 14.7. The number of rotatable bonds is 5. The van der Waals surface area contributed by atoms with Gasteiger partial charge in [-0.05, 0) is 53.4 Å². The number of hydrogen-bond donors (Lipinski definition) is 1. The molecule has 4 aromatic rings. The molecule has 2 N–H and O–H groups in total. The van der Waals surface area contributed by atoms with Crippen molar-refractivity contribution in [3.63, 3.8) is 0 Å². The largest absolute Gasteiger partial charge is 0.416 e. The molecule has 4 rings (SSSR count). The van der Waals surface area contributed by atoms with Gasteiger partial charge in [-0.2, -0.15) is 13.2 Å². The first kappa shape index (κ1) is 20.7. The molecule has 0 saturated heterocycles. The van der Waals surface area contributed by atoms with E-state index >= 15 is 0 Å². The summed E-state index contributed by atoms with van der Waals surface area (Å²) in [6, 6.07) is 19.3. The minimum Gasteiger partial charge on any atom is -0.369 e. The van der Waals surface area contributed by atoms with Crippen molar-refractivity contribution in [1.82, 2.24) is 4.57 Å². The van der Waals surface area contributed by atoms with E-state index in [1.54, 1.807) is 12.3 Å². The van der Waals surface area contributed by atoms with E-state index in [0.717, 1.165) is 45.3 Å². The van der Waals surface area contributed by atoms with Crippen LogP contribution in [0.4, 0.5) is 13.2 Å². The number of alkyl halides is 3. The van der Waals surface area contributed by atoms with Crippen LogP contribution in [0.2, 0.25) is 0 Å². The van der Waals surface area contributed by atoms with E-state index in [0.29, 0.717) is 5.56 Å². The fraction of sp³-hybridized carbons (Fsp3) is 0.160. The van der Waals surface area contributed by atoms with Gasteiger partial charge in [0.2, 0.25) is 5.91 Å². The van der Waals surface area contributed by atoms with E-state index in [9.17, 15) is 18.0 Å². The number of primary amides is 1. The highest BCUT2D eigenvalue weighted by atomic mass is 19.4. The number of hydrogen-bond acceptors (Lipinski definition) is 1. The van der Waals surface area contributed by atoms with Crippen molar-refractivity contribution in [1.29, 1.82) is 0 Å². The number of halogens is 3. The van der Waals surface area contributed by atoms with Crippen LogP contribution in [0.25, 0.3) is 22.0 Å². The number of nitrogens with zero attached hydrogens (tertiary/aromatic N) is 1. The Labute approximate surface area is 177 Å². The number of benzene rings is 3. The van der Waals surface area contributed by atoms with Crippen molar-refractivity contribution in [2.75, 3.05) is 0 Å². The smallest absolute Gasteiger partial charge is 0.369 e. The molecule has 0 aliphatic carbocycles. The van der Waals surface area contributed by atoms with Crippen LogP contribution < -0.4 is 5.73 Å². The molecule has 0 radical (unpaired) electrons. The molecule has 0 unspecified atom stereocenters. The number of fused-ring (bicyclic) bond motifs is 1. The molecule has 158 valence electrons. The van der Waals surface area contributed by atoms with Crippen LogP contribution in [0.15, 0.2) is 72.9 Å². The lowest BCUT2D eigenvalue weighted by atomic mass is 10.0. The zero-order valence-electron chi connectivity index (χ0n) is 16.9. The summed E-state index contributed by atoms with van der Waals surface area (Å²) in [4.78, 5) is 11.6. The highest BCUT2D eigenvalue weighted by Gasteiger charge is 2.30. The van der Waals surface area contributed by atoms with E-state index in [4.69, 9.17) is 5.73 Å². The molecule has 0 spiro atoms. The summed E-state index contributed by atoms with van der Waals surface area (Å²) in [6.45, 7) is 2.27. The molecule has 0 bridgehead atoms. The lowest BCUT2D eigenvalue weighted by Gasteiger charge is -2.10. The molecule has 0 atom stereocenters. The zero-order valence-corrected chi connectivity index (χ0v) is 16.9. The first-order valence-electron chi connectivity index (χ1n) is 9.84. The molecule has 6 heteroatoms. The molecule has 3 nitrogen and oxygen atoms in total. The van der Waals surface area contributed by atoms with Gasteiger partial charge in [0.25, 0.3) is 0 Å². The van der Waals surface area contributed by atoms with Gasteiger partial charge in [-0.3, -0.25) is 4.79 Å². The molecular formula is C25H21F3N2O. The third kappa shape index (κ3) is 4.48. The molecule has 0 fully saturated rings. The minimum absolute atomic E-state index is 0.0590. The normalized spacial score (nSPS) is 11.7. The number of carbonyl (C=O) groups is 1. The van der Waals surface area contributed by atoms with Crippen molar-refractivity contribution < 1.29 is 18.0 Å². The first-order valence-corrected chi connectivity index (χ1v) is 9.84. The van der Waals surface area contributed by atoms with Crippen LogP contribution in [0.5, 0.6) is 0 Å². The Kier molecular flexibility index (Phi) is 5.31. The Bertz CT molecular complexity index is 1250. The third-order valence-corrected chi connectivity index (χ3v) is 5.32. The van der Waals surface area contributed by atoms with Crippen molar-refractivity contribution in [2.45, 2.75) is 26.1 Å². The number of aromatic nitrogens is 1. The fourth-order valence-electron chi connectivity index (χ4n) is 3.80. The monoisotopic (exact) mass is 422 g/mol. The summed E-state index contributed by atoms with van der Waals surface area (Å²) in [5.41, 5.74) is 10.1. The summed E-state index contributed by atoms with van der Waals surface area (Å²) >= 11 is 0. The molecule has 3 aromatic carbocycles. The lowest BCUT2D eigenvalue weighted by Crippen LogP contribution is -2.13. The Morgan fingerprint density at radius 1 is 0.968 bits per heavy atom. The summed E-state index contributed by atoms with van der Waals surface area (Å²) in [7, 11) is 0. The Morgan fingerprint density at radius 2 is 1.68 bits per heavy atom. The van der Waals surface area contributed by atoms with E-state index in [1.807, 2.05) is 54.0 Å². The number of amides is 1. The second-order valence-electron chi connectivity index (χ2n) is 7.72. The van der Waals surface area contributed by atoms with Gasteiger partial charge in [0.1, 0.15) is 0 Å². The van der Waals surface area contributed by atoms with Gasteiger partial charge in [-0.1, -0.05) is 48.0 Å². The van der Waals surface area contributed by atoms with Crippen LogP contribution in [-0.2, 0) is 23.9 Å². The molecule has 0 saturated carbocycles. The molecule has 0 aliphatic rings. The van der Waals surface area contributed by atoms with E-state index in [-0.39, 0.29) is 13.0 Å².